The van der Waals surface area contributed by atoms with Gasteiger partial charge in [0.15, 0.2) is 0 Å². The second kappa shape index (κ2) is 15.7. The Morgan fingerprint density at radius 3 is 1.81 bits per heavy atom. The summed E-state index contributed by atoms with van der Waals surface area (Å²) >= 11 is 0. The van der Waals surface area contributed by atoms with E-state index in [1.165, 1.54) is 70.6 Å². The van der Waals surface area contributed by atoms with Crippen molar-refractivity contribution in [3.05, 3.63) is 29.8 Å². The number of esters is 1. The van der Waals surface area contributed by atoms with Crippen LogP contribution < -0.4 is 4.74 Å². The van der Waals surface area contributed by atoms with Crippen LogP contribution in [0.4, 0.5) is 0 Å². The molecular weight excluding hydrogens is 324 g/mol. The van der Waals surface area contributed by atoms with Gasteiger partial charge in [0.2, 0.25) is 0 Å². The third-order valence-corrected chi connectivity index (χ3v) is 4.81. The zero-order chi connectivity index (χ0) is 18.9. The number of carbonyl (C=O) groups excluding carboxylic acids is 1. The number of unbranched alkanes of at least 4 members (excludes halogenated alkanes) is 12. The Labute approximate surface area is 160 Å². The maximum absolute atomic E-state index is 12.0. The number of hydrogen-bond acceptors (Lipinski definition) is 3. The quantitative estimate of drug-likeness (QED) is 0.236. The van der Waals surface area contributed by atoms with Crippen LogP contribution in [0.2, 0.25) is 0 Å². The van der Waals surface area contributed by atoms with Crippen LogP contribution in [-0.4, -0.2) is 19.7 Å². The van der Waals surface area contributed by atoms with Crippen LogP contribution in [0.3, 0.4) is 0 Å². The van der Waals surface area contributed by atoms with E-state index in [9.17, 15) is 4.79 Å². The molecule has 26 heavy (non-hydrogen) atoms. The van der Waals surface area contributed by atoms with Crippen molar-refractivity contribution in [1.82, 2.24) is 0 Å². The molecule has 0 N–H and O–H groups in total. The first-order valence-corrected chi connectivity index (χ1v) is 10.6. The maximum atomic E-state index is 12.0. The van der Waals surface area contributed by atoms with Crippen LogP contribution in [-0.2, 0) is 4.74 Å². The van der Waals surface area contributed by atoms with Gasteiger partial charge in [-0.2, -0.15) is 0 Å². The van der Waals surface area contributed by atoms with Gasteiger partial charge in [0, 0.05) is 0 Å². The van der Waals surface area contributed by atoms with E-state index in [1.54, 1.807) is 19.2 Å². The average Bonchev–Trinajstić information content (AvgIpc) is 2.68. The van der Waals surface area contributed by atoms with Gasteiger partial charge in [-0.1, -0.05) is 96.1 Å². The number of benzene rings is 1. The lowest BCUT2D eigenvalue weighted by molar-refractivity contribution is 0.0494. The summed E-state index contributed by atoms with van der Waals surface area (Å²) in [7, 11) is 1.57. The largest absolute Gasteiger partial charge is 0.496 e. The fourth-order valence-electron chi connectivity index (χ4n) is 3.18. The zero-order valence-corrected chi connectivity index (χ0v) is 16.9. The summed E-state index contributed by atoms with van der Waals surface area (Å²) in [5.41, 5.74) is 0.504. The van der Waals surface area contributed by atoms with Crippen molar-refractivity contribution in [1.29, 1.82) is 0 Å². The van der Waals surface area contributed by atoms with Gasteiger partial charge in [0.25, 0.3) is 0 Å². The molecule has 1 aromatic carbocycles. The van der Waals surface area contributed by atoms with Gasteiger partial charge >= 0.3 is 5.97 Å². The monoisotopic (exact) mass is 362 g/mol. The molecule has 0 fully saturated rings. The molecule has 0 radical (unpaired) electrons. The molecule has 0 heterocycles. The van der Waals surface area contributed by atoms with Crippen molar-refractivity contribution < 1.29 is 14.3 Å². The summed E-state index contributed by atoms with van der Waals surface area (Å²) in [5.74, 6) is 0.282. The molecular formula is C23H38O3. The van der Waals surface area contributed by atoms with Crippen LogP contribution in [0.25, 0.3) is 0 Å². The van der Waals surface area contributed by atoms with Crippen molar-refractivity contribution >= 4 is 5.97 Å². The number of methoxy groups -OCH3 is 1. The molecule has 0 aliphatic carbocycles. The normalized spacial score (nSPS) is 10.7. The first-order valence-electron chi connectivity index (χ1n) is 10.6. The maximum Gasteiger partial charge on any atom is 0.341 e. The Morgan fingerprint density at radius 2 is 1.27 bits per heavy atom. The number of carbonyl (C=O) groups is 1. The van der Waals surface area contributed by atoms with Gasteiger partial charge in [0.05, 0.1) is 13.7 Å². The van der Waals surface area contributed by atoms with Crippen LogP contribution in [0, 0.1) is 0 Å². The molecule has 0 aliphatic rings. The Morgan fingerprint density at radius 1 is 0.769 bits per heavy atom. The van der Waals surface area contributed by atoms with Gasteiger partial charge in [-0.3, -0.25) is 0 Å². The molecule has 0 aliphatic heterocycles. The highest BCUT2D eigenvalue weighted by molar-refractivity contribution is 5.92. The molecule has 0 unspecified atom stereocenters. The molecule has 0 aromatic heterocycles. The summed E-state index contributed by atoms with van der Waals surface area (Å²) in [6.45, 7) is 2.76. The van der Waals surface area contributed by atoms with E-state index < -0.39 is 0 Å². The van der Waals surface area contributed by atoms with E-state index >= 15 is 0 Å². The molecule has 0 spiro atoms. The van der Waals surface area contributed by atoms with Crippen LogP contribution in [0.1, 0.15) is 101 Å². The minimum atomic E-state index is -0.290. The topological polar surface area (TPSA) is 35.5 Å². The predicted molar refractivity (Wildman–Crippen MR) is 109 cm³/mol. The molecule has 1 rings (SSSR count). The van der Waals surface area contributed by atoms with Gasteiger partial charge in [-0.25, -0.2) is 4.79 Å². The standard InChI is InChI=1S/C23H38O3/c1-3-4-5-6-7-8-9-10-11-12-13-14-17-20-26-23(24)21-18-15-16-19-22(21)25-2/h15-16,18-19H,3-14,17,20H2,1-2H3. The lowest BCUT2D eigenvalue weighted by Gasteiger charge is -2.08. The Bertz CT molecular complexity index is 470. The first kappa shape index (κ1) is 22.5. The van der Waals surface area contributed by atoms with E-state index in [-0.39, 0.29) is 5.97 Å². The van der Waals surface area contributed by atoms with E-state index in [0.29, 0.717) is 17.9 Å². The minimum absolute atomic E-state index is 0.290. The van der Waals surface area contributed by atoms with E-state index in [4.69, 9.17) is 9.47 Å². The van der Waals surface area contributed by atoms with E-state index in [0.717, 1.165) is 12.8 Å². The summed E-state index contributed by atoms with van der Waals surface area (Å²) in [6.07, 6.45) is 17.1. The predicted octanol–water partition coefficient (Wildman–Crippen LogP) is 6.94. The Hall–Kier alpha value is -1.51. The second-order valence-corrected chi connectivity index (χ2v) is 7.08. The molecule has 148 valence electrons. The second-order valence-electron chi connectivity index (χ2n) is 7.08. The van der Waals surface area contributed by atoms with E-state index in [2.05, 4.69) is 6.92 Å². The average molecular weight is 363 g/mol. The Kier molecular flexibility index (Phi) is 13.6. The molecule has 3 nitrogen and oxygen atoms in total. The van der Waals surface area contributed by atoms with Crippen LogP contribution in [0.5, 0.6) is 5.75 Å². The summed E-state index contributed by atoms with van der Waals surface area (Å²) < 4.78 is 10.5. The van der Waals surface area contributed by atoms with Gasteiger partial charge < -0.3 is 9.47 Å². The lowest BCUT2D eigenvalue weighted by atomic mass is 10.0. The highest BCUT2D eigenvalue weighted by Gasteiger charge is 2.12. The summed E-state index contributed by atoms with van der Waals surface area (Å²) in [5, 5.41) is 0. The van der Waals surface area contributed by atoms with Crippen molar-refractivity contribution in [3.63, 3.8) is 0 Å². The number of rotatable bonds is 16. The SMILES string of the molecule is CCCCCCCCCCCCCCCOC(=O)c1ccccc1OC. The van der Waals surface area contributed by atoms with Gasteiger partial charge in [-0.05, 0) is 18.6 Å². The fraction of sp³-hybridized carbons (Fsp3) is 0.696. The number of ether oxygens (including phenoxy) is 2. The third kappa shape index (κ3) is 10.5. The van der Waals surface area contributed by atoms with Crippen LogP contribution in [0.15, 0.2) is 24.3 Å². The highest BCUT2D eigenvalue weighted by Crippen LogP contribution is 2.18. The van der Waals surface area contributed by atoms with Crippen LogP contribution >= 0.6 is 0 Å². The van der Waals surface area contributed by atoms with Crippen molar-refractivity contribution in [2.45, 2.75) is 90.4 Å². The van der Waals surface area contributed by atoms with E-state index in [1.807, 2.05) is 12.1 Å². The number of hydrogen-bond donors (Lipinski definition) is 0. The molecule has 0 atom stereocenters. The molecule has 1 aromatic rings. The Balaban J connectivity index is 1.91. The first-order chi connectivity index (χ1) is 12.8. The van der Waals surface area contributed by atoms with Gasteiger partial charge in [-0.15, -0.1) is 0 Å². The minimum Gasteiger partial charge on any atom is -0.496 e. The summed E-state index contributed by atoms with van der Waals surface area (Å²) in [4.78, 5) is 12.0. The highest BCUT2D eigenvalue weighted by atomic mass is 16.5. The molecule has 0 saturated carbocycles. The molecule has 0 amide bonds. The fourth-order valence-corrected chi connectivity index (χ4v) is 3.18. The number of para-hydroxylation sites is 1. The lowest BCUT2D eigenvalue weighted by Crippen LogP contribution is -2.08. The molecule has 0 saturated heterocycles. The van der Waals surface area contributed by atoms with Crippen molar-refractivity contribution in [2.75, 3.05) is 13.7 Å². The smallest absolute Gasteiger partial charge is 0.341 e. The third-order valence-electron chi connectivity index (χ3n) is 4.81. The zero-order valence-electron chi connectivity index (χ0n) is 16.9. The summed E-state index contributed by atoms with van der Waals surface area (Å²) in [6, 6.07) is 7.19. The van der Waals surface area contributed by atoms with Gasteiger partial charge in [0.1, 0.15) is 11.3 Å². The van der Waals surface area contributed by atoms with Crippen molar-refractivity contribution in [3.8, 4) is 5.75 Å². The molecule has 3 heteroatoms. The van der Waals surface area contributed by atoms with Crippen molar-refractivity contribution in [2.24, 2.45) is 0 Å². The molecule has 0 bridgehead atoms.